The Bertz CT molecular complexity index is 604. The third-order valence-electron chi connectivity index (χ3n) is 3.37. The molecule has 0 unspecified atom stereocenters. The van der Waals surface area contributed by atoms with Crippen LogP contribution in [0.4, 0.5) is 0 Å². The summed E-state index contributed by atoms with van der Waals surface area (Å²) in [5, 5.41) is 6.74. The van der Waals surface area contributed by atoms with E-state index in [0.29, 0.717) is 12.5 Å². The molecule has 0 amide bonds. The molecule has 1 aliphatic rings. The number of aromatic nitrogens is 3. The molecule has 0 bridgehead atoms. The van der Waals surface area contributed by atoms with Crippen LogP contribution in [0, 0.1) is 0 Å². The van der Waals surface area contributed by atoms with Gasteiger partial charge in [-0.15, -0.1) is 0 Å². The largest absolute Gasteiger partial charge is 0.370 e. The Morgan fingerprint density at radius 1 is 1.38 bits per heavy atom. The van der Waals surface area contributed by atoms with E-state index in [9.17, 15) is 0 Å². The summed E-state index contributed by atoms with van der Waals surface area (Å²) in [5.74, 6) is 3.65. The average Bonchev–Trinajstić information content (AvgIpc) is 3.08. The molecule has 0 radical (unpaired) electrons. The smallest absolute Gasteiger partial charge is 0.191 e. The highest BCUT2D eigenvalue weighted by Crippen LogP contribution is 2.16. The van der Waals surface area contributed by atoms with Gasteiger partial charge < -0.3 is 10.6 Å². The van der Waals surface area contributed by atoms with E-state index < -0.39 is 0 Å². The number of aromatic amines is 1. The SMILES string of the molecule is NC(=NCc1cccc(-c2ncn[nH]2)c1)N1CCSCC1. The van der Waals surface area contributed by atoms with E-state index >= 15 is 0 Å². The lowest BCUT2D eigenvalue weighted by molar-refractivity contribution is 0.455. The topological polar surface area (TPSA) is 83.2 Å². The fourth-order valence-electron chi connectivity index (χ4n) is 2.23. The van der Waals surface area contributed by atoms with Gasteiger partial charge in [0.2, 0.25) is 0 Å². The molecule has 0 spiro atoms. The van der Waals surface area contributed by atoms with Gasteiger partial charge in [-0.25, -0.2) is 9.98 Å². The number of hydrogen-bond donors (Lipinski definition) is 2. The Morgan fingerprint density at radius 3 is 3.00 bits per heavy atom. The van der Waals surface area contributed by atoms with Crippen molar-refractivity contribution < 1.29 is 0 Å². The van der Waals surface area contributed by atoms with Crippen LogP contribution in [0.1, 0.15) is 5.56 Å². The first-order chi connectivity index (χ1) is 10.3. The predicted octanol–water partition coefficient (Wildman–Crippen LogP) is 1.34. The maximum absolute atomic E-state index is 6.07. The standard InChI is InChI=1S/C14H18N6S/c15-14(20-4-6-21-7-5-20)16-9-11-2-1-3-12(8-11)13-17-10-18-19-13/h1-3,8,10H,4-7,9H2,(H2,15,16)(H,17,18,19). The van der Waals surface area contributed by atoms with Crippen molar-refractivity contribution in [2.24, 2.45) is 10.7 Å². The summed E-state index contributed by atoms with van der Waals surface area (Å²) in [6.45, 7) is 2.55. The number of benzene rings is 1. The maximum atomic E-state index is 6.07. The second-order valence-corrected chi connectivity index (χ2v) is 6.03. The molecule has 2 heterocycles. The van der Waals surface area contributed by atoms with Crippen LogP contribution in [0.25, 0.3) is 11.4 Å². The number of rotatable bonds is 3. The van der Waals surface area contributed by atoms with Crippen LogP contribution in [0.5, 0.6) is 0 Å². The first kappa shape index (κ1) is 13.9. The van der Waals surface area contributed by atoms with E-state index in [1.54, 1.807) is 0 Å². The van der Waals surface area contributed by atoms with E-state index in [1.165, 1.54) is 6.33 Å². The van der Waals surface area contributed by atoms with Gasteiger partial charge in [-0.05, 0) is 11.6 Å². The Kier molecular flexibility index (Phi) is 4.40. The minimum atomic E-state index is 0.581. The van der Waals surface area contributed by atoms with Gasteiger partial charge in [0.15, 0.2) is 11.8 Å². The van der Waals surface area contributed by atoms with Crippen LogP contribution in [0.3, 0.4) is 0 Å². The van der Waals surface area contributed by atoms with Crippen LogP contribution in [0.15, 0.2) is 35.6 Å². The van der Waals surface area contributed by atoms with Crippen molar-refractivity contribution in [1.82, 2.24) is 20.1 Å². The minimum Gasteiger partial charge on any atom is -0.370 e. The van der Waals surface area contributed by atoms with Gasteiger partial charge in [0, 0.05) is 30.2 Å². The number of nitrogens with zero attached hydrogens (tertiary/aromatic N) is 4. The zero-order valence-electron chi connectivity index (χ0n) is 11.7. The zero-order valence-corrected chi connectivity index (χ0v) is 12.5. The molecular formula is C14H18N6S. The van der Waals surface area contributed by atoms with Gasteiger partial charge in [-0.3, -0.25) is 5.10 Å². The molecule has 2 aromatic rings. The third-order valence-corrected chi connectivity index (χ3v) is 4.32. The molecule has 3 N–H and O–H groups in total. The van der Waals surface area contributed by atoms with E-state index in [-0.39, 0.29) is 0 Å². The molecule has 1 aromatic carbocycles. The summed E-state index contributed by atoms with van der Waals surface area (Å²) >= 11 is 1.96. The number of guanidine groups is 1. The van der Waals surface area contributed by atoms with Gasteiger partial charge in [0.25, 0.3) is 0 Å². The van der Waals surface area contributed by atoms with Crippen LogP contribution in [-0.4, -0.2) is 50.6 Å². The third kappa shape index (κ3) is 3.55. The predicted molar refractivity (Wildman–Crippen MR) is 86.0 cm³/mol. The first-order valence-corrected chi connectivity index (χ1v) is 8.06. The number of H-pyrrole nitrogens is 1. The molecule has 0 atom stereocenters. The molecule has 0 saturated carbocycles. The van der Waals surface area contributed by atoms with Crippen LogP contribution in [0.2, 0.25) is 0 Å². The lowest BCUT2D eigenvalue weighted by Crippen LogP contribution is -2.42. The van der Waals surface area contributed by atoms with E-state index in [0.717, 1.165) is 41.5 Å². The monoisotopic (exact) mass is 302 g/mol. The molecule has 0 aliphatic carbocycles. The van der Waals surface area contributed by atoms with E-state index in [2.05, 4.69) is 31.1 Å². The lowest BCUT2D eigenvalue weighted by atomic mass is 10.1. The second kappa shape index (κ2) is 6.62. The number of nitrogens with one attached hydrogen (secondary N) is 1. The molecule has 21 heavy (non-hydrogen) atoms. The zero-order chi connectivity index (χ0) is 14.5. The van der Waals surface area contributed by atoms with Crippen molar-refractivity contribution in [3.05, 3.63) is 36.2 Å². The normalized spacial score (nSPS) is 16.2. The van der Waals surface area contributed by atoms with Crippen LogP contribution >= 0.6 is 11.8 Å². The molecule has 1 aromatic heterocycles. The van der Waals surface area contributed by atoms with Crippen LogP contribution in [-0.2, 0) is 6.54 Å². The van der Waals surface area contributed by atoms with Gasteiger partial charge in [-0.2, -0.15) is 16.9 Å². The molecule has 7 heteroatoms. The summed E-state index contributed by atoms with van der Waals surface area (Å²) in [7, 11) is 0. The quantitative estimate of drug-likeness (QED) is 0.660. The summed E-state index contributed by atoms with van der Waals surface area (Å²) in [6, 6.07) is 8.10. The summed E-state index contributed by atoms with van der Waals surface area (Å²) in [4.78, 5) is 10.8. The summed E-state index contributed by atoms with van der Waals surface area (Å²) < 4.78 is 0. The Hall–Kier alpha value is -2.02. The fraction of sp³-hybridized carbons (Fsp3) is 0.357. The molecule has 1 fully saturated rings. The molecule has 3 rings (SSSR count). The van der Waals surface area contributed by atoms with Crippen molar-refractivity contribution in [1.29, 1.82) is 0 Å². The molecule has 1 saturated heterocycles. The number of thioether (sulfide) groups is 1. The molecule has 6 nitrogen and oxygen atoms in total. The van der Waals surface area contributed by atoms with Crippen molar-refractivity contribution in [3.8, 4) is 11.4 Å². The van der Waals surface area contributed by atoms with Gasteiger partial charge in [0.1, 0.15) is 6.33 Å². The van der Waals surface area contributed by atoms with Gasteiger partial charge in [-0.1, -0.05) is 18.2 Å². The van der Waals surface area contributed by atoms with E-state index in [1.807, 2.05) is 30.0 Å². The number of hydrogen-bond acceptors (Lipinski definition) is 4. The fourth-order valence-corrected chi connectivity index (χ4v) is 3.13. The Labute approximate surface area is 127 Å². The maximum Gasteiger partial charge on any atom is 0.191 e. The highest BCUT2D eigenvalue weighted by Gasteiger charge is 2.11. The van der Waals surface area contributed by atoms with Crippen molar-refractivity contribution in [2.75, 3.05) is 24.6 Å². The van der Waals surface area contributed by atoms with Crippen LogP contribution < -0.4 is 5.73 Å². The highest BCUT2D eigenvalue weighted by atomic mass is 32.2. The van der Waals surface area contributed by atoms with Crippen molar-refractivity contribution in [3.63, 3.8) is 0 Å². The number of nitrogens with two attached hydrogens (primary N) is 1. The minimum absolute atomic E-state index is 0.581. The number of aliphatic imine (C=N–C) groups is 1. The molecule has 1 aliphatic heterocycles. The summed E-state index contributed by atoms with van der Waals surface area (Å²) in [5.41, 5.74) is 8.18. The Balaban J connectivity index is 1.68. The van der Waals surface area contributed by atoms with Gasteiger partial charge in [0.05, 0.1) is 6.54 Å². The van der Waals surface area contributed by atoms with E-state index in [4.69, 9.17) is 5.73 Å². The Morgan fingerprint density at radius 2 is 2.24 bits per heavy atom. The highest BCUT2D eigenvalue weighted by molar-refractivity contribution is 7.99. The lowest BCUT2D eigenvalue weighted by Gasteiger charge is -2.27. The second-order valence-electron chi connectivity index (χ2n) is 4.81. The molecular weight excluding hydrogens is 284 g/mol. The first-order valence-electron chi connectivity index (χ1n) is 6.90. The average molecular weight is 302 g/mol. The summed E-state index contributed by atoms with van der Waals surface area (Å²) in [6.07, 6.45) is 1.51. The molecule has 110 valence electrons. The van der Waals surface area contributed by atoms with Gasteiger partial charge >= 0.3 is 0 Å². The van der Waals surface area contributed by atoms with Crippen molar-refractivity contribution in [2.45, 2.75) is 6.54 Å². The van der Waals surface area contributed by atoms with Crippen molar-refractivity contribution >= 4 is 17.7 Å².